The van der Waals surface area contributed by atoms with Crippen LogP contribution in [-0.4, -0.2) is 10.9 Å². The highest BCUT2D eigenvalue weighted by Gasteiger charge is 2.08. The Morgan fingerprint density at radius 3 is 2.64 bits per heavy atom. The summed E-state index contributed by atoms with van der Waals surface area (Å²) in [6.45, 7) is 5.46. The fourth-order valence-corrected chi connectivity index (χ4v) is 0.989. The Hall–Kier alpha value is -1.09. The van der Waals surface area contributed by atoms with E-state index in [2.05, 4.69) is 10.3 Å². The van der Waals surface area contributed by atoms with Gasteiger partial charge in [0, 0.05) is 5.92 Å². The van der Waals surface area contributed by atoms with Gasteiger partial charge in [-0.05, 0) is 19.1 Å². The van der Waals surface area contributed by atoms with Crippen LogP contribution in [0.3, 0.4) is 0 Å². The van der Waals surface area contributed by atoms with Crippen LogP contribution in [0.25, 0.3) is 0 Å². The van der Waals surface area contributed by atoms with Gasteiger partial charge in [0.25, 0.3) is 0 Å². The first-order chi connectivity index (χ1) is 6.50. The third kappa shape index (κ3) is 2.70. The number of hydrogen-bond acceptors (Lipinski definition) is 2. The van der Waals surface area contributed by atoms with E-state index in [1.165, 1.54) is 0 Å². The van der Waals surface area contributed by atoms with Crippen molar-refractivity contribution in [2.24, 2.45) is 5.92 Å². The first-order valence-corrected chi connectivity index (χ1v) is 4.82. The summed E-state index contributed by atoms with van der Waals surface area (Å²) in [6, 6.07) is 3.41. The third-order valence-electron chi connectivity index (χ3n) is 1.80. The van der Waals surface area contributed by atoms with Crippen LogP contribution in [0.15, 0.2) is 12.1 Å². The molecule has 0 atom stereocenters. The second-order valence-corrected chi connectivity index (χ2v) is 3.81. The zero-order valence-electron chi connectivity index (χ0n) is 8.47. The molecule has 1 rings (SSSR count). The molecule has 1 heterocycles. The molecule has 0 aromatic carbocycles. The van der Waals surface area contributed by atoms with Crippen LogP contribution < -0.4 is 5.32 Å². The fraction of sp³-hybridized carbons (Fsp3) is 0.400. The summed E-state index contributed by atoms with van der Waals surface area (Å²) in [6.07, 6.45) is 0. The molecule has 4 heteroatoms. The minimum Gasteiger partial charge on any atom is -0.310 e. The van der Waals surface area contributed by atoms with E-state index in [9.17, 15) is 4.79 Å². The maximum atomic E-state index is 11.3. The molecule has 0 saturated heterocycles. The number of pyridine rings is 1. The van der Waals surface area contributed by atoms with Crippen LogP contribution in [-0.2, 0) is 4.79 Å². The molecular weight excluding hydrogens is 200 g/mol. The van der Waals surface area contributed by atoms with Gasteiger partial charge in [0.05, 0.1) is 10.7 Å². The summed E-state index contributed by atoms with van der Waals surface area (Å²) in [7, 11) is 0. The molecule has 0 fully saturated rings. The van der Waals surface area contributed by atoms with E-state index in [-0.39, 0.29) is 11.8 Å². The predicted octanol–water partition coefficient (Wildman–Crippen LogP) is 2.64. The van der Waals surface area contributed by atoms with Crippen molar-refractivity contribution in [3.8, 4) is 0 Å². The Kier molecular flexibility index (Phi) is 3.47. The Morgan fingerprint density at radius 2 is 2.14 bits per heavy atom. The molecule has 14 heavy (non-hydrogen) atoms. The number of nitrogens with zero attached hydrogens (tertiary/aromatic N) is 1. The van der Waals surface area contributed by atoms with Crippen LogP contribution in [0.4, 0.5) is 5.82 Å². The van der Waals surface area contributed by atoms with Crippen LogP contribution in [0.1, 0.15) is 19.5 Å². The summed E-state index contributed by atoms with van der Waals surface area (Å²) in [5, 5.41) is 3.30. The first-order valence-electron chi connectivity index (χ1n) is 4.44. The number of aryl methyl sites for hydroxylation is 1. The second kappa shape index (κ2) is 4.42. The highest BCUT2D eigenvalue weighted by atomic mass is 35.5. The number of nitrogens with one attached hydrogen (secondary N) is 1. The van der Waals surface area contributed by atoms with Crippen molar-refractivity contribution >= 4 is 23.3 Å². The largest absolute Gasteiger partial charge is 0.310 e. The summed E-state index contributed by atoms with van der Waals surface area (Å²) in [4.78, 5) is 15.5. The zero-order chi connectivity index (χ0) is 10.7. The highest BCUT2D eigenvalue weighted by Crippen LogP contribution is 2.15. The summed E-state index contributed by atoms with van der Waals surface area (Å²) < 4.78 is 0. The predicted molar refractivity (Wildman–Crippen MR) is 57.5 cm³/mol. The van der Waals surface area contributed by atoms with Gasteiger partial charge >= 0.3 is 0 Å². The lowest BCUT2D eigenvalue weighted by atomic mass is 10.2. The lowest BCUT2D eigenvalue weighted by molar-refractivity contribution is -0.118. The maximum Gasteiger partial charge on any atom is 0.228 e. The van der Waals surface area contributed by atoms with Gasteiger partial charge in [0.15, 0.2) is 0 Å². The molecule has 0 radical (unpaired) electrons. The summed E-state index contributed by atoms with van der Waals surface area (Å²) >= 11 is 5.80. The lowest BCUT2D eigenvalue weighted by Crippen LogP contribution is -2.18. The number of rotatable bonds is 2. The normalized spacial score (nSPS) is 10.4. The quantitative estimate of drug-likeness (QED) is 0.819. The van der Waals surface area contributed by atoms with Crippen molar-refractivity contribution in [3.63, 3.8) is 0 Å². The Balaban J connectivity index is 2.78. The summed E-state index contributed by atoms with van der Waals surface area (Å²) in [5.74, 6) is 0.456. The molecule has 0 aliphatic rings. The second-order valence-electron chi connectivity index (χ2n) is 3.41. The van der Waals surface area contributed by atoms with Crippen LogP contribution >= 0.6 is 11.6 Å². The summed E-state index contributed by atoms with van der Waals surface area (Å²) in [5.41, 5.74) is 0.716. The third-order valence-corrected chi connectivity index (χ3v) is 2.20. The minimum absolute atomic E-state index is 0.0424. The van der Waals surface area contributed by atoms with Gasteiger partial charge < -0.3 is 5.32 Å². The van der Waals surface area contributed by atoms with Gasteiger partial charge in [-0.15, -0.1) is 0 Å². The van der Waals surface area contributed by atoms with Gasteiger partial charge in [-0.1, -0.05) is 25.4 Å². The van der Waals surface area contributed by atoms with Gasteiger partial charge in [0.1, 0.15) is 5.82 Å². The topological polar surface area (TPSA) is 42.0 Å². The zero-order valence-corrected chi connectivity index (χ0v) is 9.22. The van der Waals surface area contributed by atoms with Crippen molar-refractivity contribution < 1.29 is 4.79 Å². The van der Waals surface area contributed by atoms with Crippen molar-refractivity contribution in [2.75, 3.05) is 5.32 Å². The molecule has 1 N–H and O–H groups in total. The SMILES string of the molecule is Cc1nc(NC(=O)C(C)C)ccc1Cl. The van der Waals surface area contributed by atoms with E-state index in [0.717, 1.165) is 0 Å². The first kappa shape index (κ1) is 11.0. The number of anilines is 1. The van der Waals surface area contributed by atoms with Gasteiger partial charge in [-0.2, -0.15) is 0 Å². The van der Waals surface area contributed by atoms with Gasteiger partial charge in [-0.3, -0.25) is 4.79 Å². The lowest BCUT2D eigenvalue weighted by Gasteiger charge is -2.07. The average Bonchev–Trinajstić information content (AvgIpc) is 2.11. The number of carbonyl (C=O) groups is 1. The molecule has 0 spiro atoms. The molecular formula is C10H13ClN2O. The molecule has 3 nitrogen and oxygen atoms in total. The minimum atomic E-state index is -0.0483. The van der Waals surface area contributed by atoms with E-state index in [4.69, 9.17) is 11.6 Å². The van der Waals surface area contributed by atoms with E-state index in [0.29, 0.717) is 16.5 Å². The number of hydrogen-bond donors (Lipinski definition) is 1. The molecule has 0 saturated carbocycles. The van der Waals surface area contributed by atoms with Crippen molar-refractivity contribution in [1.82, 2.24) is 4.98 Å². The highest BCUT2D eigenvalue weighted by molar-refractivity contribution is 6.31. The van der Waals surface area contributed by atoms with E-state index in [1.54, 1.807) is 19.1 Å². The molecule has 0 unspecified atom stereocenters. The molecule has 1 amide bonds. The smallest absolute Gasteiger partial charge is 0.228 e. The number of aromatic nitrogens is 1. The van der Waals surface area contributed by atoms with Crippen LogP contribution in [0.5, 0.6) is 0 Å². The van der Waals surface area contributed by atoms with E-state index in [1.807, 2.05) is 13.8 Å². The Labute approximate surface area is 88.5 Å². The molecule has 0 bridgehead atoms. The number of amides is 1. The van der Waals surface area contributed by atoms with Gasteiger partial charge in [0.2, 0.25) is 5.91 Å². The Morgan fingerprint density at radius 1 is 1.50 bits per heavy atom. The van der Waals surface area contributed by atoms with Crippen molar-refractivity contribution in [2.45, 2.75) is 20.8 Å². The number of halogens is 1. The van der Waals surface area contributed by atoms with Crippen LogP contribution in [0.2, 0.25) is 5.02 Å². The van der Waals surface area contributed by atoms with Crippen molar-refractivity contribution in [1.29, 1.82) is 0 Å². The Bertz CT molecular complexity index is 350. The van der Waals surface area contributed by atoms with Crippen LogP contribution in [0, 0.1) is 12.8 Å². The standard InChI is InChI=1S/C10H13ClN2O/c1-6(2)10(14)13-9-5-4-8(11)7(3)12-9/h4-6H,1-3H3,(H,12,13,14). The number of carbonyl (C=O) groups excluding carboxylic acids is 1. The molecule has 0 aliphatic heterocycles. The molecule has 0 aliphatic carbocycles. The molecule has 1 aromatic heterocycles. The molecule has 1 aromatic rings. The fourth-order valence-electron chi connectivity index (χ4n) is 0.884. The maximum absolute atomic E-state index is 11.3. The van der Waals surface area contributed by atoms with Gasteiger partial charge in [-0.25, -0.2) is 4.98 Å². The van der Waals surface area contributed by atoms with Crippen molar-refractivity contribution in [3.05, 3.63) is 22.8 Å². The van der Waals surface area contributed by atoms with E-state index < -0.39 is 0 Å². The average molecular weight is 213 g/mol. The van der Waals surface area contributed by atoms with E-state index >= 15 is 0 Å². The molecule has 76 valence electrons. The monoisotopic (exact) mass is 212 g/mol.